The van der Waals surface area contributed by atoms with E-state index in [9.17, 15) is 9.59 Å². The molecule has 5 nitrogen and oxygen atoms in total. The molecule has 0 saturated heterocycles. The van der Waals surface area contributed by atoms with Crippen molar-refractivity contribution in [2.24, 2.45) is 0 Å². The van der Waals surface area contributed by atoms with Crippen LogP contribution in [0.25, 0.3) is 0 Å². The molecule has 32 heavy (non-hydrogen) atoms. The van der Waals surface area contributed by atoms with E-state index >= 15 is 0 Å². The number of rotatable bonds is 7. The van der Waals surface area contributed by atoms with Crippen molar-refractivity contribution in [1.29, 1.82) is 0 Å². The lowest BCUT2D eigenvalue weighted by Gasteiger charge is -2.09. The van der Waals surface area contributed by atoms with Gasteiger partial charge in [-0.2, -0.15) is 0 Å². The molecule has 3 aromatic carbocycles. The van der Waals surface area contributed by atoms with Crippen molar-refractivity contribution in [1.82, 2.24) is 0 Å². The minimum absolute atomic E-state index is 0.201. The Morgan fingerprint density at radius 2 is 1.34 bits per heavy atom. The quantitative estimate of drug-likeness (QED) is 0.286. The molecule has 0 amide bonds. The molecule has 0 saturated carbocycles. The summed E-state index contributed by atoms with van der Waals surface area (Å²) < 4.78 is 16.3. The Morgan fingerprint density at radius 1 is 0.781 bits per heavy atom. The fourth-order valence-electron chi connectivity index (χ4n) is 2.79. The first-order valence-corrected chi connectivity index (χ1v) is 10.2. The lowest BCUT2D eigenvalue weighted by Crippen LogP contribution is -2.12. The van der Waals surface area contributed by atoms with Gasteiger partial charge >= 0.3 is 11.9 Å². The third-order valence-corrected chi connectivity index (χ3v) is 4.36. The van der Waals surface area contributed by atoms with Gasteiger partial charge in [0.1, 0.15) is 18.1 Å². The van der Waals surface area contributed by atoms with Gasteiger partial charge in [0.2, 0.25) is 0 Å². The number of hydrogen-bond donors (Lipinski definition) is 0. The van der Waals surface area contributed by atoms with Crippen molar-refractivity contribution in [3.05, 3.63) is 95.1 Å². The van der Waals surface area contributed by atoms with Gasteiger partial charge in [0.25, 0.3) is 0 Å². The third-order valence-electron chi connectivity index (χ3n) is 4.36. The van der Waals surface area contributed by atoms with Crippen LogP contribution in [0, 0.1) is 11.8 Å². The van der Waals surface area contributed by atoms with E-state index in [1.54, 1.807) is 69.3 Å². The minimum Gasteiger partial charge on any atom is -0.489 e. The summed E-state index contributed by atoms with van der Waals surface area (Å²) in [4.78, 5) is 24.3. The van der Waals surface area contributed by atoms with E-state index in [4.69, 9.17) is 14.2 Å². The van der Waals surface area contributed by atoms with Crippen LogP contribution < -0.4 is 9.47 Å². The smallest absolute Gasteiger partial charge is 0.343 e. The van der Waals surface area contributed by atoms with Crippen LogP contribution in [0.5, 0.6) is 11.5 Å². The van der Waals surface area contributed by atoms with E-state index in [0.29, 0.717) is 29.2 Å². The zero-order valence-corrected chi connectivity index (χ0v) is 18.3. The highest BCUT2D eigenvalue weighted by atomic mass is 16.5. The van der Waals surface area contributed by atoms with Crippen LogP contribution in [0.3, 0.4) is 0 Å². The molecular formula is C27H24O5. The lowest BCUT2D eigenvalue weighted by molar-refractivity contribution is 0.0378. The number of benzene rings is 3. The Hall–Kier alpha value is -4.04. The topological polar surface area (TPSA) is 61.8 Å². The van der Waals surface area contributed by atoms with Gasteiger partial charge in [-0.1, -0.05) is 18.1 Å². The van der Waals surface area contributed by atoms with Gasteiger partial charge in [0.05, 0.1) is 17.2 Å². The molecular weight excluding hydrogens is 404 g/mol. The van der Waals surface area contributed by atoms with E-state index in [1.165, 1.54) is 0 Å². The molecule has 0 N–H and O–H groups in total. The molecule has 0 unspecified atom stereocenters. The minimum atomic E-state index is -0.498. The maximum Gasteiger partial charge on any atom is 0.343 e. The zero-order valence-electron chi connectivity index (χ0n) is 18.3. The summed E-state index contributed by atoms with van der Waals surface area (Å²) in [7, 11) is 0. The van der Waals surface area contributed by atoms with Crippen molar-refractivity contribution in [2.75, 3.05) is 0 Å². The highest BCUT2D eigenvalue weighted by Gasteiger charge is 2.12. The normalized spacial score (nSPS) is 10.1. The van der Waals surface area contributed by atoms with Gasteiger partial charge in [0.15, 0.2) is 0 Å². The predicted molar refractivity (Wildman–Crippen MR) is 122 cm³/mol. The maximum absolute atomic E-state index is 12.4. The van der Waals surface area contributed by atoms with E-state index in [1.807, 2.05) is 24.3 Å². The predicted octanol–water partition coefficient (Wildman–Crippen LogP) is 5.42. The second-order valence-electron chi connectivity index (χ2n) is 7.25. The van der Waals surface area contributed by atoms with Crippen LogP contribution in [-0.2, 0) is 11.3 Å². The largest absolute Gasteiger partial charge is 0.489 e. The second-order valence-corrected chi connectivity index (χ2v) is 7.25. The molecule has 162 valence electrons. The number of ether oxygens (including phenoxy) is 3. The maximum atomic E-state index is 12.4. The molecule has 5 heteroatoms. The number of carbonyl (C=O) groups excluding carboxylic acids is 2. The average molecular weight is 428 g/mol. The van der Waals surface area contributed by atoms with Crippen LogP contribution in [0.4, 0.5) is 0 Å². The number of carbonyl (C=O) groups is 2. The first kappa shape index (κ1) is 22.6. The van der Waals surface area contributed by atoms with Gasteiger partial charge in [0, 0.05) is 5.56 Å². The van der Waals surface area contributed by atoms with Crippen LogP contribution in [0.1, 0.15) is 52.6 Å². The van der Waals surface area contributed by atoms with Gasteiger partial charge in [-0.3, -0.25) is 0 Å². The Bertz CT molecular complexity index is 1120. The molecule has 0 bridgehead atoms. The Morgan fingerprint density at radius 3 is 1.91 bits per heavy atom. The highest BCUT2D eigenvalue weighted by Crippen LogP contribution is 2.18. The molecule has 0 aromatic heterocycles. The Labute approximate surface area is 187 Å². The van der Waals surface area contributed by atoms with Crippen LogP contribution in [0.2, 0.25) is 0 Å². The van der Waals surface area contributed by atoms with Crippen molar-refractivity contribution >= 4 is 11.9 Å². The van der Waals surface area contributed by atoms with Crippen molar-refractivity contribution < 1.29 is 23.8 Å². The van der Waals surface area contributed by atoms with E-state index in [-0.39, 0.29) is 6.10 Å². The van der Waals surface area contributed by atoms with E-state index in [2.05, 4.69) is 11.8 Å². The van der Waals surface area contributed by atoms with Crippen molar-refractivity contribution in [2.45, 2.75) is 33.5 Å². The van der Waals surface area contributed by atoms with Gasteiger partial charge in [-0.05, 0) is 87.0 Å². The molecule has 3 aromatic rings. The summed E-state index contributed by atoms with van der Waals surface area (Å²) in [5.41, 5.74) is 2.77. The monoisotopic (exact) mass is 428 g/mol. The first-order chi connectivity index (χ1) is 15.4. The summed E-state index contributed by atoms with van der Waals surface area (Å²) in [6.45, 7) is 5.78. The standard InChI is InChI=1S/C27H24O5/c1-4-5-20-6-8-21(9-7-20)18-30-24-14-10-23(11-15-24)27(29)32-25-16-12-22(13-17-25)26(28)31-19(2)3/h6-17,19H,18H2,1-3H3. The zero-order chi connectivity index (χ0) is 22.9. The lowest BCUT2D eigenvalue weighted by atomic mass is 10.1. The average Bonchev–Trinajstić information content (AvgIpc) is 2.79. The highest BCUT2D eigenvalue weighted by molar-refractivity contribution is 5.92. The SMILES string of the molecule is CC#Cc1ccc(COc2ccc(C(=O)Oc3ccc(C(=O)OC(C)C)cc3)cc2)cc1. The molecule has 0 fully saturated rings. The fourth-order valence-corrected chi connectivity index (χ4v) is 2.79. The molecule has 3 rings (SSSR count). The molecule has 0 radical (unpaired) electrons. The summed E-state index contributed by atoms with van der Waals surface area (Å²) in [5.74, 6) is 5.94. The molecule has 0 spiro atoms. The molecule has 0 aliphatic heterocycles. The van der Waals surface area contributed by atoms with Crippen LogP contribution >= 0.6 is 0 Å². The summed E-state index contributed by atoms with van der Waals surface area (Å²) >= 11 is 0. The van der Waals surface area contributed by atoms with Crippen molar-refractivity contribution in [3.63, 3.8) is 0 Å². The first-order valence-electron chi connectivity index (χ1n) is 10.2. The fraction of sp³-hybridized carbons (Fsp3) is 0.185. The Kier molecular flexibility index (Phi) is 7.66. The van der Waals surface area contributed by atoms with Gasteiger partial charge < -0.3 is 14.2 Å². The van der Waals surface area contributed by atoms with Gasteiger partial charge in [-0.15, -0.1) is 5.92 Å². The van der Waals surface area contributed by atoms with Crippen LogP contribution in [-0.4, -0.2) is 18.0 Å². The number of esters is 2. The van der Waals surface area contributed by atoms with E-state index < -0.39 is 11.9 Å². The van der Waals surface area contributed by atoms with Crippen LogP contribution in [0.15, 0.2) is 72.8 Å². The molecule has 0 atom stereocenters. The molecule has 0 heterocycles. The summed E-state index contributed by atoms with van der Waals surface area (Å²) in [5, 5.41) is 0. The molecule has 0 aliphatic carbocycles. The van der Waals surface area contributed by atoms with E-state index in [0.717, 1.165) is 11.1 Å². The van der Waals surface area contributed by atoms with Gasteiger partial charge in [-0.25, -0.2) is 9.59 Å². The summed E-state index contributed by atoms with van der Waals surface area (Å²) in [6.07, 6.45) is -0.201. The number of hydrogen-bond acceptors (Lipinski definition) is 5. The van der Waals surface area contributed by atoms with Crippen molar-refractivity contribution in [3.8, 4) is 23.3 Å². The summed E-state index contributed by atoms with van der Waals surface area (Å²) in [6, 6.07) is 20.8. The molecule has 0 aliphatic rings. The Balaban J connectivity index is 1.54. The third kappa shape index (κ3) is 6.48. The second kappa shape index (κ2) is 10.8.